The van der Waals surface area contributed by atoms with Crippen molar-refractivity contribution in [3.8, 4) is 11.1 Å². The fraction of sp³-hybridized carbons (Fsp3) is 0.167. The molecule has 2 rings (SSSR count). The fourth-order valence-electron chi connectivity index (χ4n) is 2.23. The van der Waals surface area contributed by atoms with Crippen molar-refractivity contribution in [3.63, 3.8) is 0 Å². The Kier molecular flexibility index (Phi) is 7.15. The molecule has 6 nitrogen and oxygen atoms in total. The van der Waals surface area contributed by atoms with Gasteiger partial charge in [0.15, 0.2) is 5.70 Å². The van der Waals surface area contributed by atoms with E-state index in [-0.39, 0.29) is 18.1 Å². The summed E-state index contributed by atoms with van der Waals surface area (Å²) in [6.45, 7) is 2.34. The summed E-state index contributed by atoms with van der Waals surface area (Å²) < 4.78 is 4.87. The van der Waals surface area contributed by atoms with Crippen LogP contribution in [0.3, 0.4) is 0 Å². The zero-order chi connectivity index (χ0) is 19.1. The van der Waals surface area contributed by atoms with Crippen LogP contribution in [0, 0.1) is 0 Å². The Balaban J connectivity index is 2.07. The van der Waals surface area contributed by atoms with E-state index < -0.39 is 5.97 Å². The SMILES string of the molecule is CCOC(=O)/C(NN)=C(/N)NCc1ccc(-c2ccc(Cl)c(Cl)c2)cc1. The van der Waals surface area contributed by atoms with Crippen LogP contribution in [0.25, 0.3) is 11.1 Å². The summed E-state index contributed by atoms with van der Waals surface area (Å²) >= 11 is 12.0. The van der Waals surface area contributed by atoms with E-state index in [2.05, 4.69) is 10.7 Å². The highest BCUT2D eigenvalue weighted by Gasteiger charge is 2.13. The summed E-state index contributed by atoms with van der Waals surface area (Å²) in [5.41, 5.74) is 11.0. The number of nitrogens with one attached hydrogen (secondary N) is 2. The van der Waals surface area contributed by atoms with Crippen LogP contribution in [0.5, 0.6) is 0 Å². The maximum atomic E-state index is 11.7. The van der Waals surface area contributed by atoms with Gasteiger partial charge in [0, 0.05) is 6.54 Å². The molecule has 0 amide bonds. The lowest BCUT2D eigenvalue weighted by Gasteiger charge is -2.12. The molecule has 0 atom stereocenters. The number of nitrogens with two attached hydrogens (primary N) is 2. The van der Waals surface area contributed by atoms with Crippen molar-refractivity contribution < 1.29 is 9.53 Å². The lowest BCUT2D eigenvalue weighted by Crippen LogP contribution is -2.35. The van der Waals surface area contributed by atoms with E-state index in [1.807, 2.05) is 36.4 Å². The van der Waals surface area contributed by atoms with Gasteiger partial charge in [0.2, 0.25) is 0 Å². The zero-order valence-corrected chi connectivity index (χ0v) is 15.7. The summed E-state index contributed by atoms with van der Waals surface area (Å²) in [6, 6.07) is 13.3. The van der Waals surface area contributed by atoms with Crippen LogP contribution in [0.4, 0.5) is 0 Å². The molecule has 0 heterocycles. The average Bonchev–Trinajstić information content (AvgIpc) is 2.63. The average molecular weight is 395 g/mol. The molecule has 0 aliphatic heterocycles. The molecule has 2 aromatic rings. The Morgan fingerprint density at radius 3 is 2.31 bits per heavy atom. The van der Waals surface area contributed by atoms with Gasteiger partial charge >= 0.3 is 5.97 Å². The van der Waals surface area contributed by atoms with Gasteiger partial charge in [-0.05, 0) is 35.7 Å². The number of esters is 1. The quantitative estimate of drug-likeness (QED) is 0.249. The van der Waals surface area contributed by atoms with Crippen LogP contribution in [0.15, 0.2) is 54.0 Å². The highest BCUT2D eigenvalue weighted by molar-refractivity contribution is 6.42. The van der Waals surface area contributed by atoms with E-state index in [1.165, 1.54) is 0 Å². The number of ether oxygens (including phenoxy) is 1. The van der Waals surface area contributed by atoms with E-state index in [9.17, 15) is 4.79 Å². The van der Waals surface area contributed by atoms with Crippen molar-refractivity contribution in [1.29, 1.82) is 0 Å². The molecule has 0 bridgehead atoms. The molecular formula is C18H20Cl2N4O2. The molecule has 0 saturated carbocycles. The molecule has 8 heteroatoms. The maximum absolute atomic E-state index is 11.7. The smallest absolute Gasteiger partial charge is 0.359 e. The first-order valence-electron chi connectivity index (χ1n) is 7.88. The molecule has 0 aromatic heterocycles. The first-order chi connectivity index (χ1) is 12.5. The first kappa shape index (κ1) is 19.9. The van der Waals surface area contributed by atoms with Gasteiger partial charge in [0.1, 0.15) is 5.82 Å². The number of carbonyl (C=O) groups excluding carboxylic acids is 1. The second-order valence-electron chi connectivity index (χ2n) is 5.33. The van der Waals surface area contributed by atoms with Gasteiger partial charge in [-0.15, -0.1) is 0 Å². The largest absolute Gasteiger partial charge is 0.461 e. The topological polar surface area (TPSA) is 102 Å². The third kappa shape index (κ3) is 5.05. The minimum absolute atomic E-state index is 0.0146. The predicted octanol–water partition coefficient (Wildman–Crippen LogP) is 2.90. The second-order valence-corrected chi connectivity index (χ2v) is 6.15. The third-order valence-corrected chi connectivity index (χ3v) is 4.32. The van der Waals surface area contributed by atoms with E-state index in [0.29, 0.717) is 16.6 Å². The van der Waals surface area contributed by atoms with Crippen molar-refractivity contribution in [2.75, 3.05) is 6.61 Å². The molecule has 0 aliphatic rings. The third-order valence-electron chi connectivity index (χ3n) is 3.58. The lowest BCUT2D eigenvalue weighted by molar-refractivity contribution is -0.139. The molecule has 2 aromatic carbocycles. The van der Waals surface area contributed by atoms with Crippen LogP contribution in [-0.2, 0) is 16.1 Å². The van der Waals surface area contributed by atoms with Gasteiger partial charge < -0.3 is 21.2 Å². The van der Waals surface area contributed by atoms with Crippen LogP contribution >= 0.6 is 23.2 Å². The van der Waals surface area contributed by atoms with Crippen molar-refractivity contribution in [2.24, 2.45) is 11.6 Å². The summed E-state index contributed by atoms with van der Waals surface area (Å²) in [4.78, 5) is 11.7. The number of hydrogen-bond acceptors (Lipinski definition) is 6. The van der Waals surface area contributed by atoms with E-state index >= 15 is 0 Å². The Morgan fingerprint density at radius 2 is 1.73 bits per heavy atom. The van der Waals surface area contributed by atoms with Gasteiger partial charge in [-0.2, -0.15) is 0 Å². The number of hydrogen-bond donors (Lipinski definition) is 4. The minimum atomic E-state index is -0.616. The Hall–Kier alpha value is -2.41. The van der Waals surface area contributed by atoms with Crippen molar-refractivity contribution >= 4 is 29.2 Å². The number of rotatable bonds is 7. The number of benzene rings is 2. The number of hydrazine groups is 1. The molecule has 138 valence electrons. The second kappa shape index (κ2) is 9.33. The van der Waals surface area contributed by atoms with Gasteiger partial charge in [0.25, 0.3) is 0 Å². The number of halogens is 2. The summed E-state index contributed by atoms with van der Waals surface area (Å²) in [6.07, 6.45) is 0. The molecular weight excluding hydrogens is 375 g/mol. The Labute approximate surface area is 162 Å². The van der Waals surface area contributed by atoms with Crippen molar-refractivity contribution in [3.05, 3.63) is 69.6 Å². The number of carbonyl (C=O) groups is 1. The molecule has 0 spiro atoms. The molecule has 0 saturated heterocycles. The Morgan fingerprint density at radius 1 is 1.08 bits per heavy atom. The first-order valence-corrected chi connectivity index (χ1v) is 8.63. The summed E-state index contributed by atoms with van der Waals surface area (Å²) in [5.74, 6) is 4.83. The van der Waals surface area contributed by atoms with Gasteiger partial charge in [-0.3, -0.25) is 5.84 Å². The van der Waals surface area contributed by atoms with Crippen LogP contribution in [-0.4, -0.2) is 12.6 Å². The standard InChI is InChI=1S/C18H20Cl2N4O2/c1-2-26-18(25)16(24-22)17(21)23-10-11-3-5-12(6-4-11)13-7-8-14(19)15(20)9-13/h3-9,23-24H,2,10,21-22H2,1H3/b17-16+. The predicted molar refractivity (Wildman–Crippen MR) is 104 cm³/mol. The van der Waals surface area contributed by atoms with Gasteiger partial charge in [0.05, 0.1) is 16.7 Å². The molecule has 0 radical (unpaired) electrons. The Bertz CT molecular complexity index is 807. The monoisotopic (exact) mass is 394 g/mol. The lowest BCUT2D eigenvalue weighted by atomic mass is 10.0. The zero-order valence-electron chi connectivity index (χ0n) is 14.2. The van der Waals surface area contributed by atoms with Crippen molar-refractivity contribution in [2.45, 2.75) is 13.5 Å². The molecule has 0 unspecified atom stereocenters. The highest BCUT2D eigenvalue weighted by atomic mass is 35.5. The van der Waals surface area contributed by atoms with Crippen molar-refractivity contribution in [1.82, 2.24) is 10.7 Å². The fourth-order valence-corrected chi connectivity index (χ4v) is 2.52. The van der Waals surface area contributed by atoms with Crippen LogP contribution in [0.2, 0.25) is 10.0 Å². The van der Waals surface area contributed by atoms with Crippen LogP contribution in [0.1, 0.15) is 12.5 Å². The molecule has 26 heavy (non-hydrogen) atoms. The summed E-state index contributed by atoms with van der Waals surface area (Å²) in [5, 5.41) is 3.97. The van der Waals surface area contributed by atoms with Gasteiger partial charge in [-0.25, -0.2) is 4.79 Å². The normalized spacial score (nSPS) is 11.5. The van der Waals surface area contributed by atoms with E-state index in [4.69, 9.17) is 39.5 Å². The van der Waals surface area contributed by atoms with E-state index in [1.54, 1.807) is 13.0 Å². The highest BCUT2D eigenvalue weighted by Crippen LogP contribution is 2.28. The molecule has 6 N–H and O–H groups in total. The maximum Gasteiger partial charge on any atom is 0.359 e. The summed E-state index contributed by atoms with van der Waals surface area (Å²) in [7, 11) is 0. The minimum Gasteiger partial charge on any atom is -0.461 e. The molecule has 0 aliphatic carbocycles. The molecule has 0 fully saturated rings. The van der Waals surface area contributed by atoms with E-state index in [0.717, 1.165) is 16.7 Å². The van der Waals surface area contributed by atoms with Gasteiger partial charge in [-0.1, -0.05) is 53.5 Å². The van der Waals surface area contributed by atoms with Crippen LogP contribution < -0.4 is 22.3 Å².